The lowest BCUT2D eigenvalue weighted by Gasteiger charge is -2.22. The van der Waals surface area contributed by atoms with E-state index in [4.69, 9.17) is 0 Å². The number of carbonyl (C=O) groups excluding carboxylic acids is 1. The van der Waals surface area contributed by atoms with Crippen molar-refractivity contribution in [3.05, 3.63) is 39.8 Å². The van der Waals surface area contributed by atoms with Gasteiger partial charge < -0.3 is 10.4 Å². The minimum atomic E-state index is -1.07. The van der Waals surface area contributed by atoms with Crippen LogP contribution in [-0.2, 0) is 12.6 Å². The highest BCUT2D eigenvalue weighted by Gasteiger charge is 2.25. The quantitative estimate of drug-likeness (QED) is 0.890. The maximum Gasteiger partial charge on any atom is 0.269 e. The normalized spacial score (nSPS) is 14.2. The summed E-state index contributed by atoms with van der Waals surface area (Å²) in [6, 6.07) is 3.65. The van der Waals surface area contributed by atoms with Crippen LogP contribution in [-0.4, -0.2) is 27.3 Å². The van der Waals surface area contributed by atoms with Crippen molar-refractivity contribution in [1.29, 1.82) is 0 Å². The molecule has 1 amide bonds. The molecule has 0 saturated heterocycles. The van der Waals surface area contributed by atoms with Crippen LogP contribution in [0.3, 0.4) is 0 Å². The Kier molecular flexibility index (Phi) is 4.49. The Morgan fingerprint density at radius 3 is 2.81 bits per heavy atom. The number of carbonyl (C=O) groups is 1. The van der Waals surface area contributed by atoms with Gasteiger partial charge in [-0.1, -0.05) is 13.8 Å². The number of aromatic nitrogens is 2. The van der Waals surface area contributed by atoms with Crippen molar-refractivity contribution in [3.63, 3.8) is 0 Å². The number of amides is 1. The van der Waals surface area contributed by atoms with Gasteiger partial charge in [0.15, 0.2) is 0 Å². The van der Waals surface area contributed by atoms with E-state index >= 15 is 0 Å². The zero-order valence-electron chi connectivity index (χ0n) is 12.8. The SMILES string of the molecule is CC(C)c1cc(C(=O)NCC(C)(O)c2ccsc2)n(C)n1. The first-order valence-corrected chi connectivity index (χ1v) is 7.82. The Bertz CT molecular complexity index is 615. The second kappa shape index (κ2) is 5.99. The van der Waals surface area contributed by atoms with Gasteiger partial charge in [-0.05, 0) is 41.3 Å². The van der Waals surface area contributed by atoms with Crippen LogP contribution in [0.2, 0.25) is 0 Å². The largest absolute Gasteiger partial charge is 0.384 e. The van der Waals surface area contributed by atoms with Crippen molar-refractivity contribution in [3.8, 4) is 0 Å². The summed E-state index contributed by atoms with van der Waals surface area (Å²) in [5.41, 5.74) is 1.11. The molecule has 0 spiro atoms. The van der Waals surface area contributed by atoms with Gasteiger partial charge in [-0.15, -0.1) is 0 Å². The van der Waals surface area contributed by atoms with Crippen LogP contribution in [0.1, 0.15) is 48.4 Å². The number of hydrogen-bond donors (Lipinski definition) is 2. The molecule has 0 bridgehead atoms. The van der Waals surface area contributed by atoms with E-state index in [0.29, 0.717) is 5.69 Å². The van der Waals surface area contributed by atoms with E-state index in [9.17, 15) is 9.90 Å². The molecule has 0 aliphatic carbocycles. The fourth-order valence-electron chi connectivity index (χ4n) is 2.00. The first-order chi connectivity index (χ1) is 9.81. The monoisotopic (exact) mass is 307 g/mol. The highest BCUT2D eigenvalue weighted by atomic mass is 32.1. The predicted octanol–water partition coefficient (Wildman–Crippen LogP) is 2.24. The van der Waals surface area contributed by atoms with Gasteiger partial charge in [-0.3, -0.25) is 9.48 Å². The zero-order chi connectivity index (χ0) is 15.6. The van der Waals surface area contributed by atoms with Crippen molar-refractivity contribution in [2.75, 3.05) is 6.54 Å². The molecule has 6 heteroatoms. The topological polar surface area (TPSA) is 67.2 Å². The van der Waals surface area contributed by atoms with Gasteiger partial charge in [0.05, 0.1) is 12.2 Å². The van der Waals surface area contributed by atoms with Gasteiger partial charge in [0.1, 0.15) is 11.3 Å². The maximum atomic E-state index is 12.2. The first kappa shape index (κ1) is 15.7. The van der Waals surface area contributed by atoms with E-state index < -0.39 is 5.60 Å². The van der Waals surface area contributed by atoms with Gasteiger partial charge in [0, 0.05) is 7.05 Å². The van der Waals surface area contributed by atoms with Crippen molar-refractivity contribution >= 4 is 17.2 Å². The van der Waals surface area contributed by atoms with Gasteiger partial charge in [0.25, 0.3) is 5.91 Å². The van der Waals surface area contributed by atoms with Crippen LogP contribution in [0.25, 0.3) is 0 Å². The summed E-state index contributed by atoms with van der Waals surface area (Å²) in [4.78, 5) is 12.2. The highest BCUT2D eigenvalue weighted by Crippen LogP contribution is 2.22. The average Bonchev–Trinajstić information content (AvgIpc) is 3.05. The fraction of sp³-hybridized carbons (Fsp3) is 0.467. The summed E-state index contributed by atoms with van der Waals surface area (Å²) < 4.78 is 1.57. The molecule has 0 radical (unpaired) electrons. The summed E-state index contributed by atoms with van der Waals surface area (Å²) in [5.74, 6) is 0.0408. The molecule has 0 aliphatic heterocycles. The van der Waals surface area contributed by atoms with E-state index in [1.165, 1.54) is 11.3 Å². The number of nitrogens with zero attached hydrogens (tertiary/aromatic N) is 2. The molecule has 114 valence electrons. The molecule has 0 aliphatic rings. The van der Waals surface area contributed by atoms with E-state index in [2.05, 4.69) is 10.4 Å². The Morgan fingerprint density at radius 1 is 1.57 bits per heavy atom. The molecule has 0 aromatic carbocycles. The standard InChI is InChI=1S/C15H21N3O2S/c1-10(2)12-7-13(18(4)17-12)14(19)16-9-15(3,20)11-5-6-21-8-11/h5-8,10,20H,9H2,1-4H3,(H,16,19). The number of hydrogen-bond acceptors (Lipinski definition) is 4. The van der Waals surface area contributed by atoms with E-state index in [1.54, 1.807) is 24.7 Å². The van der Waals surface area contributed by atoms with Crippen molar-refractivity contribution in [2.45, 2.75) is 32.3 Å². The summed E-state index contributed by atoms with van der Waals surface area (Å²) in [7, 11) is 1.75. The van der Waals surface area contributed by atoms with Gasteiger partial charge in [-0.2, -0.15) is 16.4 Å². The average molecular weight is 307 g/mol. The van der Waals surface area contributed by atoms with Gasteiger partial charge in [-0.25, -0.2) is 0 Å². The molecule has 21 heavy (non-hydrogen) atoms. The molecule has 0 fully saturated rings. The second-order valence-electron chi connectivity index (χ2n) is 5.70. The predicted molar refractivity (Wildman–Crippen MR) is 83.5 cm³/mol. The molecular weight excluding hydrogens is 286 g/mol. The fourth-order valence-corrected chi connectivity index (χ4v) is 2.78. The van der Waals surface area contributed by atoms with Crippen LogP contribution < -0.4 is 5.32 Å². The minimum absolute atomic E-state index is 0.157. The van der Waals surface area contributed by atoms with E-state index in [1.807, 2.05) is 30.7 Å². The Hall–Kier alpha value is -1.66. The lowest BCUT2D eigenvalue weighted by Crippen LogP contribution is -2.38. The van der Waals surface area contributed by atoms with Gasteiger partial charge >= 0.3 is 0 Å². The molecule has 2 rings (SSSR count). The Labute approximate surface area is 128 Å². The van der Waals surface area contributed by atoms with Gasteiger partial charge in [0.2, 0.25) is 0 Å². The molecular formula is C15H21N3O2S. The summed E-state index contributed by atoms with van der Waals surface area (Å²) in [6.45, 7) is 5.92. The second-order valence-corrected chi connectivity index (χ2v) is 6.48. The zero-order valence-corrected chi connectivity index (χ0v) is 13.6. The molecule has 0 saturated carbocycles. The number of aryl methyl sites for hydroxylation is 1. The van der Waals surface area contributed by atoms with Crippen LogP contribution in [0.15, 0.2) is 22.9 Å². The van der Waals surface area contributed by atoms with Crippen molar-refractivity contribution < 1.29 is 9.90 Å². The molecule has 1 unspecified atom stereocenters. The van der Waals surface area contributed by atoms with Crippen molar-refractivity contribution in [2.24, 2.45) is 7.05 Å². The lowest BCUT2D eigenvalue weighted by molar-refractivity contribution is 0.0527. The molecule has 2 aromatic rings. The summed E-state index contributed by atoms with van der Waals surface area (Å²) in [5, 5.41) is 21.3. The molecule has 5 nitrogen and oxygen atoms in total. The lowest BCUT2D eigenvalue weighted by atomic mass is 9.99. The first-order valence-electron chi connectivity index (χ1n) is 6.88. The molecule has 2 aromatic heterocycles. The molecule has 1 atom stereocenters. The van der Waals surface area contributed by atoms with Crippen LogP contribution >= 0.6 is 11.3 Å². The highest BCUT2D eigenvalue weighted by molar-refractivity contribution is 7.08. The Balaban J connectivity index is 2.05. The number of nitrogens with one attached hydrogen (secondary N) is 1. The third kappa shape index (κ3) is 3.51. The number of thiophene rings is 1. The molecule has 2 N–H and O–H groups in total. The summed E-state index contributed by atoms with van der Waals surface area (Å²) >= 11 is 1.52. The smallest absolute Gasteiger partial charge is 0.269 e. The third-order valence-corrected chi connectivity index (χ3v) is 4.14. The maximum absolute atomic E-state index is 12.2. The number of aliphatic hydroxyl groups is 1. The Morgan fingerprint density at radius 2 is 2.29 bits per heavy atom. The molecule has 2 heterocycles. The van der Waals surface area contributed by atoms with E-state index in [0.717, 1.165) is 11.3 Å². The minimum Gasteiger partial charge on any atom is -0.384 e. The third-order valence-electron chi connectivity index (χ3n) is 3.46. The number of rotatable bonds is 5. The van der Waals surface area contributed by atoms with Crippen LogP contribution in [0.5, 0.6) is 0 Å². The van der Waals surface area contributed by atoms with Crippen molar-refractivity contribution in [1.82, 2.24) is 15.1 Å². The summed E-state index contributed by atoms with van der Waals surface area (Å²) in [6.07, 6.45) is 0. The van der Waals surface area contributed by atoms with Crippen LogP contribution in [0.4, 0.5) is 0 Å². The van der Waals surface area contributed by atoms with E-state index in [-0.39, 0.29) is 18.4 Å². The van der Waals surface area contributed by atoms with Crippen LogP contribution in [0, 0.1) is 0 Å².